The number of benzene rings is 2. The largest absolute Gasteiger partial charge is 0.494 e. The first-order valence-corrected chi connectivity index (χ1v) is 11.0. The van der Waals surface area contributed by atoms with Gasteiger partial charge in [-0.25, -0.2) is 9.78 Å². The fraction of sp³-hybridized carbons (Fsp3) is 0.222. The van der Waals surface area contributed by atoms with Crippen molar-refractivity contribution < 1.29 is 18.9 Å². The number of rotatable bonds is 4. The van der Waals surface area contributed by atoms with Gasteiger partial charge in [-0.05, 0) is 74.7 Å². The summed E-state index contributed by atoms with van der Waals surface area (Å²) < 4.78 is 11.7. The summed E-state index contributed by atoms with van der Waals surface area (Å²) >= 11 is 0. The molecule has 0 spiro atoms. The van der Waals surface area contributed by atoms with Crippen LogP contribution in [0.2, 0.25) is 0 Å². The number of H-pyrrole nitrogens is 1. The number of nitrogens with one attached hydrogen (secondary N) is 1. The number of aromatic nitrogens is 1. The lowest BCUT2D eigenvalue weighted by Gasteiger charge is -2.18. The second kappa shape index (κ2) is 7.89. The zero-order chi connectivity index (χ0) is 23.3. The molecule has 0 fully saturated rings. The average Bonchev–Trinajstić information content (AvgIpc) is 3.09. The Hall–Kier alpha value is -3.93. The molecule has 0 saturated heterocycles. The molecule has 1 N–H and O–H groups in total. The van der Waals surface area contributed by atoms with Crippen LogP contribution in [0.5, 0.6) is 5.75 Å². The summed E-state index contributed by atoms with van der Waals surface area (Å²) in [5.74, 6) is 1.06. The van der Waals surface area contributed by atoms with Gasteiger partial charge in [0.15, 0.2) is 6.04 Å². The van der Waals surface area contributed by atoms with E-state index in [0.717, 1.165) is 28.0 Å². The molecule has 166 valence electrons. The van der Waals surface area contributed by atoms with Gasteiger partial charge in [0.1, 0.15) is 16.9 Å². The summed E-state index contributed by atoms with van der Waals surface area (Å²) in [6.45, 7) is 8.37. The van der Waals surface area contributed by atoms with Crippen molar-refractivity contribution in [3.05, 3.63) is 98.5 Å². The molecular weight excluding hydrogens is 416 g/mol. The number of carbonyl (C=O) groups excluding carboxylic acids is 1. The summed E-state index contributed by atoms with van der Waals surface area (Å²) in [4.78, 5) is 32.2. The number of nitrogens with zero attached hydrogens (tertiary/aromatic N) is 1. The van der Waals surface area contributed by atoms with Crippen LogP contribution < -0.4 is 20.0 Å². The summed E-state index contributed by atoms with van der Waals surface area (Å²) in [5, 5.41) is 0.482. The van der Waals surface area contributed by atoms with Crippen LogP contribution in [-0.2, 0) is 0 Å². The molecule has 6 nitrogen and oxygen atoms in total. The highest BCUT2D eigenvalue weighted by molar-refractivity contribution is 6.09. The topological polar surface area (TPSA) is 73.9 Å². The standard InChI is InChI=1S/C27H24N2O4/c1-5-32-19-9-7-18(8-10-19)24-23-25(30)20-12-16(3)17(4)13-21(20)33-26(23)27(31)29(24)22-11-6-15(2)14-28-22/h6-14,24H,5H2,1-4H3/p+1. The molecule has 1 amide bonds. The second-order valence-corrected chi connectivity index (χ2v) is 8.44. The highest BCUT2D eigenvalue weighted by atomic mass is 16.5. The van der Waals surface area contributed by atoms with E-state index >= 15 is 0 Å². The Morgan fingerprint density at radius 3 is 2.39 bits per heavy atom. The van der Waals surface area contributed by atoms with E-state index in [2.05, 4.69) is 4.98 Å². The van der Waals surface area contributed by atoms with Gasteiger partial charge in [-0.3, -0.25) is 4.79 Å². The zero-order valence-electron chi connectivity index (χ0n) is 19.1. The fourth-order valence-electron chi connectivity index (χ4n) is 4.35. The molecule has 5 rings (SSSR count). The van der Waals surface area contributed by atoms with Crippen LogP contribution in [0.25, 0.3) is 11.0 Å². The number of hydrogen-bond acceptors (Lipinski definition) is 4. The second-order valence-electron chi connectivity index (χ2n) is 8.44. The monoisotopic (exact) mass is 441 g/mol. The van der Waals surface area contributed by atoms with Crippen molar-refractivity contribution in [2.75, 3.05) is 11.5 Å². The van der Waals surface area contributed by atoms with Gasteiger partial charge in [-0.1, -0.05) is 12.1 Å². The molecule has 0 saturated carbocycles. The number of pyridine rings is 1. The smallest absolute Gasteiger partial charge is 0.378 e. The van der Waals surface area contributed by atoms with Crippen molar-refractivity contribution >= 4 is 22.7 Å². The Labute approximate surface area is 191 Å². The van der Waals surface area contributed by atoms with E-state index < -0.39 is 6.04 Å². The maximum absolute atomic E-state index is 13.7. The minimum atomic E-state index is -0.621. The van der Waals surface area contributed by atoms with Gasteiger partial charge in [0, 0.05) is 11.6 Å². The van der Waals surface area contributed by atoms with Gasteiger partial charge >= 0.3 is 5.91 Å². The Bertz CT molecular complexity index is 1440. The number of carbonyl (C=O) groups is 1. The Kier molecular flexibility index (Phi) is 5.01. The fourth-order valence-corrected chi connectivity index (χ4v) is 4.35. The molecule has 33 heavy (non-hydrogen) atoms. The number of hydrogen-bond donors (Lipinski definition) is 0. The lowest BCUT2D eigenvalue weighted by molar-refractivity contribution is -0.364. The molecule has 1 aliphatic rings. The van der Waals surface area contributed by atoms with Crippen LogP contribution in [-0.4, -0.2) is 12.5 Å². The normalized spacial score (nSPS) is 15.2. The maximum atomic E-state index is 13.7. The third kappa shape index (κ3) is 3.39. The SMILES string of the molecule is CCOc1ccc(C2c3c(oc4cc(C)c(C)cc4c3=O)C(=O)N2c2ccc(C)c[nH+]2)cc1. The highest BCUT2D eigenvalue weighted by Gasteiger charge is 2.49. The minimum Gasteiger partial charge on any atom is -0.494 e. The number of ether oxygens (including phenoxy) is 1. The van der Waals surface area contributed by atoms with E-state index in [9.17, 15) is 9.59 Å². The third-order valence-electron chi connectivity index (χ3n) is 6.20. The van der Waals surface area contributed by atoms with Crippen molar-refractivity contribution in [1.82, 2.24) is 0 Å². The maximum Gasteiger partial charge on any atom is 0.378 e. The molecule has 0 aliphatic carbocycles. The Morgan fingerprint density at radius 2 is 1.73 bits per heavy atom. The lowest BCUT2D eigenvalue weighted by Crippen LogP contribution is -2.34. The number of amides is 1. The zero-order valence-corrected chi connectivity index (χ0v) is 19.1. The summed E-state index contributed by atoms with van der Waals surface area (Å²) in [7, 11) is 0. The van der Waals surface area contributed by atoms with E-state index in [0.29, 0.717) is 29.0 Å². The molecule has 2 aromatic heterocycles. The van der Waals surface area contributed by atoms with Gasteiger partial charge in [-0.2, -0.15) is 4.90 Å². The van der Waals surface area contributed by atoms with Gasteiger partial charge in [0.05, 0.1) is 18.2 Å². The quantitative estimate of drug-likeness (QED) is 0.461. The van der Waals surface area contributed by atoms with E-state index in [4.69, 9.17) is 9.15 Å². The molecule has 1 unspecified atom stereocenters. The van der Waals surface area contributed by atoms with Crippen molar-refractivity contribution in [2.45, 2.75) is 33.7 Å². The van der Waals surface area contributed by atoms with E-state index in [-0.39, 0.29) is 17.1 Å². The van der Waals surface area contributed by atoms with Gasteiger partial charge in [0.25, 0.3) is 5.82 Å². The van der Waals surface area contributed by atoms with Crippen LogP contribution in [0.4, 0.5) is 5.82 Å². The molecule has 4 aromatic rings. The average molecular weight is 442 g/mol. The number of fused-ring (bicyclic) bond motifs is 2. The van der Waals surface area contributed by atoms with Crippen molar-refractivity contribution in [1.29, 1.82) is 0 Å². The van der Waals surface area contributed by atoms with Gasteiger partial charge in [0.2, 0.25) is 11.2 Å². The summed E-state index contributed by atoms with van der Waals surface area (Å²) in [6, 6.07) is 14.3. The number of aryl methyl sites for hydroxylation is 3. The predicted octanol–water partition coefficient (Wildman–Crippen LogP) is 4.68. The Morgan fingerprint density at radius 1 is 1.00 bits per heavy atom. The highest BCUT2D eigenvalue weighted by Crippen LogP contribution is 2.40. The van der Waals surface area contributed by atoms with Crippen LogP contribution in [0.1, 0.15) is 51.3 Å². The van der Waals surface area contributed by atoms with Crippen molar-refractivity contribution in [3.63, 3.8) is 0 Å². The third-order valence-corrected chi connectivity index (χ3v) is 6.20. The van der Waals surface area contributed by atoms with Crippen LogP contribution >= 0.6 is 0 Å². The molecule has 0 bridgehead atoms. The van der Waals surface area contributed by atoms with E-state index in [1.807, 2.05) is 82.4 Å². The minimum absolute atomic E-state index is 0.0867. The van der Waals surface area contributed by atoms with Crippen LogP contribution in [0.3, 0.4) is 0 Å². The molecular formula is C27H25N2O4+. The molecule has 1 atom stereocenters. The van der Waals surface area contributed by atoms with Gasteiger partial charge < -0.3 is 9.15 Å². The first-order chi connectivity index (χ1) is 15.9. The predicted molar refractivity (Wildman–Crippen MR) is 126 cm³/mol. The molecule has 6 heteroatoms. The molecule has 3 heterocycles. The molecule has 0 radical (unpaired) electrons. The number of anilines is 1. The lowest BCUT2D eigenvalue weighted by atomic mass is 9.97. The van der Waals surface area contributed by atoms with Gasteiger partial charge in [-0.15, -0.1) is 0 Å². The summed E-state index contributed by atoms with van der Waals surface area (Å²) in [6.07, 6.45) is 1.83. The number of aromatic amines is 1. The van der Waals surface area contributed by atoms with E-state index in [1.165, 1.54) is 0 Å². The Balaban J connectivity index is 1.77. The van der Waals surface area contributed by atoms with Crippen molar-refractivity contribution in [3.8, 4) is 5.75 Å². The molecule has 2 aromatic carbocycles. The van der Waals surface area contributed by atoms with Crippen LogP contribution in [0.15, 0.2) is 63.9 Å². The van der Waals surface area contributed by atoms with Crippen LogP contribution in [0, 0.1) is 20.8 Å². The first-order valence-electron chi connectivity index (χ1n) is 11.0. The summed E-state index contributed by atoms with van der Waals surface area (Å²) in [5.41, 5.74) is 4.44. The first kappa shape index (κ1) is 20.9. The van der Waals surface area contributed by atoms with Crippen molar-refractivity contribution in [2.24, 2.45) is 0 Å². The van der Waals surface area contributed by atoms with E-state index in [1.54, 1.807) is 4.90 Å². The molecule has 1 aliphatic heterocycles.